The number of methoxy groups -OCH3 is 1. The molecule has 0 fully saturated rings. The Morgan fingerprint density at radius 3 is 2.50 bits per heavy atom. The van der Waals surface area contributed by atoms with Crippen LogP contribution in [0, 0.1) is 11.6 Å². The van der Waals surface area contributed by atoms with Gasteiger partial charge in [-0.25, -0.2) is 8.78 Å². The maximum absolute atomic E-state index is 13.0. The molecule has 0 unspecified atom stereocenters. The summed E-state index contributed by atoms with van der Waals surface area (Å²) in [5.74, 6) is -2.61. The van der Waals surface area contributed by atoms with Crippen LogP contribution in [-0.2, 0) is 4.74 Å². The lowest BCUT2D eigenvalue weighted by Gasteiger charge is -2.05. The Bertz CT molecular complexity index is 321. The molecule has 14 heavy (non-hydrogen) atoms. The summed E-state index contributed by atoms with van der Waals surface area (Å²) in [5, 5.41) is 2.19. The van der Waals surface area contributed by atoms with Crippen molar-refractivity contribution < 1.29 is 18.3 Å². The topological polar surface area (TPSA) is 38.3 Å². The second-order valence-electron chi connectivity index (χ2n) is 2.54. The number of amides is 1. The van der Waals surface area contributed by atoms with E-state index < -0.39 is 23.1 Å². The van der Waals surface area contributed by atoms with Crippen molar-refractivity contribution in [2.24, 2.45) is 0 Å². The van der Waals surface area contributed by atoms with E-state index in [1.54, 1.807) is 0 Å². The van der Waals surface area contributed by atoms with Gasteiger partial charge in [0.15, 0.2) is 0 Å². The maximum Gasteiger partial charge on any atom is 0.259 e. The minimum atomic E-state index is -0.890. The van der Waals surface area contributed by atoms with Gasteiger partial charge in [0.25, 0.3) is 5.91 Å². The fourth-order valence-electron chi connectivity index (χ4n) is 0.941. The molecule has 0 spiro atoms. The van der Waals surface area contributed by atoms with Gasteiger partial charge < -0.3 is 10.1 Å². The lowest BCUT2D eigenvalue weighted by molar-refractivity contribution is 0.0864. The van der Waals surface area contributed by atoms with Crippen molar-refractivity contribution in [1.82, 2.24) is 5.32 Å². The molecule has 1 aromatic carbocycles. The van der Waals surface area contributed by atoms with E-state index in [0.717, 1.165) is 12.1 Å². The van der Waals surface area contributed by atoms with Gasteiger partial charge in [-0.15, -0.1) is 0 Å². The molecule has 3 nitrogen and oxygen atoms in total. The first-order valence-electron chi connectivity index (χ1n) is 3.88. The molecule has 0 aliphatic rings. The zero-order chi connectivity index (χ0) is 10.6. The summed E-state index contributed by atoms with van der Waals surface area (Å²) in [6, 6.07) is 3.23. The van der Waals surface area contributed by atoms with Crippen molar-refractivity contribution in [2.45, 2.75) is 0 Å². The summed E-state index contributed by atoms with van der Waals surface area (Å²) in [7, 11) is 1.36. The number of halogens is 2. The summed E-state index contributed by atoms with van der Waals surface area (Å²) in [6.45, 7) is -0.0907. The summed E-state index contributed by atoms with van der Waals surface area (Å²) >= 11 is 0. The molecule has 1 aromatic rings. The third-order valence-electron chi connectivity index (χ3n) is 1.57. The molecule has 0 bridgehead atoms. The van der Waals surface area contributed by atoms with Crippen molar-refractivity contribution in [3.05, 3.63) is 35.4 Å². The highest BCUT2D eigenvalue weighted by molar-refractivity contribution is 5.94. The van der Waals surface area contributed by atoms with E-state index in [1.165, 1.54) is 13.2 Å². The van der Waals surface area contributed by atoms with Crippen LogP contribution in [0.25, 0.3) is 0 Å². The number of benzene rings is 1. The lowest BCUT2D eigenvalue weighted by Crippen LogP contribution is -2.27. The largest absolute Gasteiger partial charge is 0.364 e. The number of ether oxygens (including phenoxy) is 1. The van der Waals surface area contributed by atoms with Crippen LogP contribution in [0.3, 0.4) is 0 Å². The molecule has 0 aromatic heterocycles. The van der Waals surface area contributed by atoms with Crippen LogP contribution in [0.4, 0.5) is 8.78 Å². The van der Waals surface area contributed by atoms with Crippen LogP contribution in [0.15, 0.2) is 18.2 Å². The molecule has 0 radical (unpaired) electrons. The van der Waals surface area contributed by atoms with Gasteiger partial charge in [-0.2, -0.15) is 0 Å². The zero-order valence-electron chi connectivity index (χ0n) is 7.51. The van der Waals surface area contributed by atoms with Crippen molar-refractivity contribution in [3.63, 3.8) is 0 Å². The van der Waals surface area contributed by atoms with Crippen LogP contribution in [-0.4, -0.2) is 19.7 Å². The summed E-state index contributed by atoms with van der Waals surface area (Å²) in [5.41, 5.74) is -0.593. The molecule has 0 aliphatic heterocycles. The molecule has 0 saturated heterocycles. The molecule has 1 amide bonds. The van der Waals surface area contributed by atoms with Crippen LogP contribution in [0.5, 0.6) is 0 Å². The number of rotatable bonds is 3. The third kappa shape index (κ3) is 2.26. The molecular formula is C9H9F2NO2. The van der Waals surface area contributed by atoms with Crippen molar-refractivity contribution in [1.29, 1.82) is 0 Å². The van der Waals surface area contributed by atoms with E-state index in [2.05, 4.69) is 10.1 Å². The average molecular weight is 201 g/mol. The van der Waals surface area contributed by atoms with Gasteiger partial charge in [0.1, 0.15) is 23.9 Å². The van der Waals surface area contributed by atoms with Gasteiger partial charge in [0, 0.05) is 7.11 Å². The van der Waals surface area contributed by atoms with E-state index in [-0.39, 0.29) is 6.73 Å². The van der Waals surface area contributed by atoms with Gasteiger partial charge in [0.2, 0.25) is 0 Å². The van der Waals surface area contributed by atoms with Crippen LogP contribution in [0.1, 0.15) is 10.4 Å². The first-order chi connectivity index (χ1) is 6.66. The Kier molecular flexibility index (Phi) is 3.53. The Labute approximate surface area is 79.7 Å². The first-order valence-corrected chi connectivity index (χ1v) is 3.88. The third-order valence-corrected chi connectivity index (χ3v) is 1.57. The van der Waals surface area contributed by atoms with E-state index in [4.69, 9.17) is 0 Å². The predicted octanol–water partition coefficient (Wildman–Crippen LogP) is 1.30. The molecule has 0 aliphatic carbocycles. The van der Waals surface area contributed by atoms with E-state index >= 15 is 0 Å². The lowest BCUT2D eigenvalue weighted by atomic mass is 10.2. The standard InChI is InChI=1S/C9H9F2NO2/c1-14-5-12-9(13)8-6(10)3-2-4-7(8)11/h2-4H,5H2,1H3,(H,12,13). The number of carbonyl (C=O) groups excluding carboxylic acids is 1. The van der Waals surface area contributed by atoms with E-state index in [9.17, 15) is 13.6 Å². The highest BCUT2D eigenvalue weighted by Gasteiger charge is 2.15. The smallest absolute Gasteiger partial charge is 0.259 e. The Hall–Kier alpha value is -1.49. The zero-order valence-corrected chi connectivity index (χ0v) is 7.51. The molecule has 1 N–H and O–H groups in total. The molecule has 5 heteroatoms. The molecular weight excluding hydrogens is 192 g/mol. The first kappa shape index (κ1) is 10.6. The number of carbonyl (C=O) groups is 1. The monoisotopic (exact) mass is 201 g/mol. The fourth-order valence-corrected chi connectivity index (χ4v) is 0.941. The van der Waals surface area contributed by atoms with E-state index in [0.29, 0.717) is 0 Å². The van der Waals surface area contributed by atoms with Crippen molar-refractivity contribution in [2.75, 3.05) is 13.8 Å². The van der Waals surface area contributed by atoms with Crippen LogP contribution >= 0.6 is 0 Å². The molecule has 0 atom stereocenters. The minimum absolute atomic E-state index is 0.0907. The second kappa shape index (κ2) is 4.66. The van der Waals surface area contributed by atoms with Gasteiger partial charge in [0.05, 0.1) is 0 Å². The highest BCUT2D eigenvalue weighted by Crippen LogP contribution is 2.11. The molecule has 1 rings (SSSR count). The van der Waals surface area contributed by atoms with E-state index in [1.807, 2.05) is 0 Å². The summed E-state index contributed by atoms with van der Waals surface area (Å²) in [6.07, 6.45) is 0. The van der Waals surface area contributed by atoms with Crippen molar-refractivity contribution >= 4 is 5.91 Å². The Balaban J connectivity index is 2.89. The van der Waals surface area contributed by atoms with Gasteiger partial charge in [-0.3, -0.25) is 4.79 Å². The number of hydrogen-bond acceptors (Lipinski definition) is 2. The van der Waals surface area contributed by atoms with Gasteiger partial charge >= 0.3 is 0 Å². The van der Waals surface area contributed by atoms with Crippen LogP contribution in [0.2, 0.25) is 0 Å². The van der Waals surface area contributed by atoms with Crippen molar-refractivity contribution in [3.8, 4) is 0 Å². The Morgan fingerprint density at radius 1 is 1.43 bits per heavy atom. The average Bonchev–Trinajstić information content (AvgIpc) is 2.14. The molecule has 0 saturated carbocycles. The SMILES string of the molecule is COCNC(=O)c1c(F)cccc1F. The number of nitrogens with one attached hydrogen (secondary N) is 1. The van der Waals surface area contributed by atoms with Gasteiger partial charge in [-0.1, -0.05) is 6.07 Å². The fraction of sp³-hybridized carbons (Fsp3) is 0.222. The summed E-state index contributed by atoms with van der Waals surface area (Å²) in [4.78, 5) is 11.2. The number of hydrogen-bond donors (Lipinski definition) is 1. The maximum atomic E-state index is 13.0. The minimum Gasteiger partial charge on any atom is -0.364 e. The Morgan fingerprint density at radius 2 is 2.00 bits per heavy atom. The quantitative estimate of drug-likeness (QED) is 0.748. The second-order valence-corrected chi connectivity index (χ2v) is 2.54. The summed E-state index contributed by atoms with van der Waals surface area (Å²) < 4.78 is 30.5. The van der Waals surface area contributed by atoms with Crippen LogP contribution < -0.4 is 5.32 Å². The predicted molar refractivity (Wildman–Crippen MR) is 45.7 cm³/mol. The molecule has 0 heterocycles. The van der Waals surface area contributed by atoms with Gasteiger partial charge in [-0.05, 0) is 12.1 Å². The highest BCUT2D eigenvalue weighted by atomic mass is 19.1. The normalized spacial score (nSPS) is 9.93. The molecule has 76 valence electrons.